The smallest absolute Gasteiger partial charge is 0.257 e. The maximum atomic E-state index is 12.1. The summed E-state index contributed by atoms with van der Waals surface area (Å²) in [5.41, 5.74) is 6.49. The van der Waals surface area contributed by atoms with Gasteiger partial charge in [0.2, 0.25) is 0 Å². The minimum absolute atomic E-state index is 0.0556. The quantitative estimate of drug-likeness (QED) is 0.822. The lowest BCUT2D eigenvalue weighted by atomic mass is 10.0. The highest BCUT2D eigenvalue weighted by atomic mass is 16.3. The van der Waals surface area contributed by atoms with Gasteiger partial charge in [-0.2, -0.15) is 0 Å². The Labute approximate surface area is 95.4 Å². The molecule has 88 valence electrons. The van der Waals surface area contributed by atoms with Gasteiger partial charge in [-0.25, -0.2) is 0 Å². The molecule has 1 aliphatic heterocycles. The van der Waals surface area contributed by atoms with Crippen LogP contribution in [0.5, 0.6) is 0 Å². The Bertz CT molecular complexity index is 384. The Morgan fingerprint density at radius 2 is 2.44 bits per heavy atom. The molecule has 0 spiro atoms. The molecule has 16 heavy (non-hydrogen) atoms. The Morgan fingerprint density at radius 1 is 1.69 bits per heavy atom. The van der Waals surface area contributed by atoms with Gasteiger partial charge in [-0.1, -0.05) is 0 Å². The van der Waals surface area contributed by atoms with Crippen molar-refractivity contribution in [1.29, 1.82) is 0 Å². The third-order valence-electron chi connectivity index (χ3n) is 3.23. The Morgan fingerprint density at radius 3 is 2.94 bits per heavy atom. The van der Waals surface area contributed by atoms with E-state index in [4.69, 9.17) is 10.2 Å². The topological polar surface area (TPSA) is 59.5 Å². The standard InChI is InChI=1S/C12H18N2O2/c1-8-5-11(7-16-8)12(15)14-4-3-10(6-14)9(2)13/h5,7,9-10H,3-4,6,13H2,1-2H3. The molecule has 2 rings (SSSR count). The minimum atomic E-state index is 0.0556. The molecule has 1 amide bonds. The second kappa shape index (κ2) is 4.29. The molecule has 2 N–H and O–H groups in total. The first-order valence-corrected chi connectivity index (χ1v) is 5.68. The molecule has 2 heterocycles. The van der Waals surface area contributed by atoms with E-state index in [-0.39, 0.29) is 11.9 Å². The predicted molar refractivity (Wildman–Crippen MR) is 61.1 cm³/mol. The monoisotopic (exact) mass is 222 g/mol. The van der Waals surface area contributed by atoms with Crippen molar-refractivity contribution in [2.45, 2.75) is 26.3 Å². The fraction of sp³-hybridized carbons (Fsp3) is 0.583. The summed E-state index contributed by atoms with van der Waals surface area (Å²) < 4.78 is 5.15. The number of aryl methyl sites for hydroxylation is 1. The average Bonchev–Trinajstić information content (AvgIpc) is 2.84. The summed E-state index contributed by atoms with van der Waals surface area (Å²) in [5.74, 6) is 1.25. The molecule has 0 aromatic carbocycles. The summed E-state index contributed by atoms with van der Waals surface area (Å²) in [6, 6.07) is 1.94. The zero-order valence-corrected chi connectivity index (χ0v) is 9.77. The van der Waals surface area contributed by atoms with Crippen LogP contribution in [-0.4, -0.2) is 29.9 Å². The largest absolute Gasteiger partial charge is 0.469 e. The van der Waals surface area contributed by atoms with Gasteiger partial charge < -0.3 is 15.1 Å². The van der Waals surface area contributed by atoms with Crippen molar-refractivity contribution in [3.8, 4) is 0 Å². The molecule has 1 saturated heterocycles. The number of carbonyl (C=O) groups excluding carboxylic acids is 1. The molecule has 0 saturated carbocycles. The van der Waals surface area contributed by atoms with Crippen LogP contribution >= 0.6 is 0 Å². The molecule has 1 aliphatic rings. The van der Waals surface area contributed by atoms with Gasteiger partial charge in [0.05, 0.1) is 5.56 Å². The molecule has 0 bridgehead atoms. The van der Waals surface area contributed by atoms with Crippen molar-refractivity contribution < 1.29 is 9.21 Å². The summed E-state index contributed by atoms with van der Waals surface area (Å²) >= 11 is 0. The minimum Gasteiger partial charge on any atom is -0.469 e. The van der Waals surface area contributed by atoms with Crippen LogP contribution in [0.3, 0.4) is 0 Å². The molecule has 1 aromatic heterocycles. The first-order chi connectivity index (χ1) is 7.58. The van der Waals surface area contributed by atoms with E-state index >= 15 is 0 Å². The summed E-state index contributed by atoms with van der Waals surface area (Å²) in [6.07, 6.45) is 2.52. The molecular weight excluding hydrogens is 204 g/mol. The van der Waals surface area contributed by atoms with E-state index in [1.807, 2.05) is 18.7 Å². The first-order valence-electron chi connectivity index (χ1n) is 5.68. The van der Waals surface area contributed by atoms with Crippen LogP contribution in [0.1, 0.15) is 29.5 Å². The molecule has 0 radical (unpaired) electrons. The van der Waals surface area contributed by atoms with E-state index in [0.29, 0.717) is 11.5 Å². The lowest BCUT2D eigenvalue weighted by molar-refractivity contribution is 0.0785. The summed E-state index contributed by atoms with van der Waals surface area (Å²) in [6.45, 7) is 5.40. The summed E-state index contributed by atoms with van der Waals surface area (Å²) in [7, 11) is 0. The van der Waals surface area contributed by atoms with Gasteiger partial charge in [0.15, 0.2) is 0 Å². The highest BCUT2D eigenvalue weighted by Gasteiger charge is 2.29. The van der Waals surface area contributed by atoms with Crippen molar-refractivity contribution >= 4 is 5.91 Å². The van der Waals surface area contributed by atoms with Gasteiger partial charge in [-0.15, -0.1) is 0 Å². The van der Waals surface area contributed by atoms with Crippen molar-refractivity contribution in [3.63, 3.8) is 0 Å². The van der Waals surface area contributed by atoms with Gasteiger partial charge >= 0.3 is 0 Å². The lowest BCUT2D eigenvalue weighted by Gasteiger charge is -2.17. The van der Waals surface area contributed by atoms with Crippen molar-refractivity contribution in [1.82, 2.24) is 4.90 Å². The number of nitrogens with two attached hydrogens (primary N) is 1. The highest BCUT2D eigenvalue weighted by molar-refractivity contribution is 5.94. The number of amides is 1. The van der Waals surface area contributed by atoms with Gasteiger partial charge in [0.1, 0.15) is 12.0 Å². The lowest BCUT2D eigenvalue weighted by Crippen LogP contribution is -2.32. The number of nitrogens with zero attached hydrogens (tertiary/aromatic N) is 1. The number of hydrogen-bond donors (Lipinski definition) is 1. The molecule has 2 unspecified atom stereocenters. The normalized spacial score (nSPS) is 22.4. The average molecular weight is 222 g/mol. The number of carbonyl (C=O) groups is 1. The zero-order chi connectivity index (χ0) is 11.7. The molecule has 2 atom stereocenters. The maximum absolute atomic E-state index is 12.1. The molecule has 1 aromatic rings. The van der Waals surface area contributed by atoms with Crippen molar-refractivity contribution in [2.24, 2.45) is 11.7 Å². The van der Waals surface area contributed by atoms with Crippen LogP contribution in [0.25, 0.3) is 0 Å². The maximum Gasteiger partial charge on any atom is 0.257 e. The SMILES string of the molecule is Cc1cc(C(=O)N2CCC(C(C)N)C2)co1. The molecule has 4 nitrogen and oxygen atoms in total. The predicted octanol–water partition coefficient (Wildman–Crippen LogP) is 1.40. The zero-order valence-electron chi connectivity index (χ0n) is 9.77. The fourth-order valence-corrected chi connectivity index (χ4v) is 2.14. The third-order valence-corrected chi connectivity index (χ3v) is 3.23. The van der Waals surface area contributed by atoms with Crippen molar-refractivity contribution in [3.05, 3.63) is 23.7 Å². The van der Waals surface area contributed by atoms with Crippen LogP contribution in [0.4, 0.5) is 0 Å². The van der Waals surface area contributed by atoms with Crippen LogP contribution in [0.2, 0.25) is 0 Å². The van der Waals surface area contributed by atoms with E-state index in [1.54, 1.807) is 6.07 Å². The Kier molecular flexibility index (Phi) is 3.01. The van der Waals surface area contributed by atoms with Crippen LogP contribution in [0.15, 0.2) is 16.7 Å². The number of likely N-dealkylation sites (tertiary alicyclic amines) is 1. The molecule has 0 aliphatic carbocycles. The first kappa shape index (κ1) is 11.2. The van der Waals surface area contributed by atoms with E-state index in [9.17, 15) is 4.79 Å². The van der Waals surface area contributed by atoms with E-state index in [1.165, 1.54) is 6.26 Å². The number of rotatable bonds is 2. The van der Waals surface area contributed by atoms with Gasteiger partial charge in [0, 0.05) is 19.1 Å². The van der Waals surface area contributed by atoms with Crippen LogP contribution < -0.4 is 5.73 Å². The molecule has 1 fully saturated rings. The number of hydrogen-bond acceptors (Lipinski definition) is 3. The second-order valence-electron chi connectivity index (χ2n) is 4.61. The second-order valence-corrected chi connectivity index (χ2v) is 4.61. The molecular formula is C12H18N2O2. The Hall–Kier alpha value is -1.29. The summed E-state index contributed by atoms with van der Waals surface area (Å²) in [4.78, 5) is 13.9. The van der Waals surface area contributed by atoms with Crippen LogP contribution in [0, 0.1) is 12.8 Å². The van der Waals surface area contributed by atoms with E-state index in [2.05, 4.69) is 0 Å². The fourth-order valence-electron chi connectivity index (χ4n) is 2.14. The van der Waals surface area contributed by atoms with Gasteiger partial charge in [0.25, 0.3) is 5.91 Å². The van der Waals surface area contributed by atoms with Crippen LogP contribution in [-0.2, 0) is 0 Å². The third kappa shape index (κ3) is 2.11. The highest BCUT2D eigenvalue weighted by Crippen LogP contribution is 2.21. The summed E-state index contributed by atoms with van der Waals surface area (Å²) in [5, 5.41) is 0. The van der Waals surface area contributed by atoms with E-state index < -0.39 is 0 Å². The van der Waals surface area contributed by atoms with E-state index in [0.717, 1.165) is 25.3 Å². The van der Waals surface area contributed by atoms with Gasteiger partial charge in [-0.05, 0) is 32.3 Å². The Balaban J connectivity index is 2.02. The molecule has 4 heteroatoms. The van der Waals surface area contributed by atoms with Crippen molar-refractivity contribution in [2.75, 3.05) is 13.1 Å². The van der Waals surface area contributed by atoms with Gasteiger partial charge in [-0.3, -0.25) is 4.79 Å². The number of furan rings is 1.